The third-order valence-electron chi connectivity index (χ3n) is 3.02. The Morgan fingerprint density at radius 3 is 2.77 bits per heavy atom. The van der Waals surface area contributed by atoms with Gasteiger partial charge in [0.2, 0.25) is 0 Å². The summed E-state index contributed by atoms with van der Waals surface area (Å²) in [6, 6.07) is 3.36. The van der Waals surface area contributed by atoms with Crippen LogP contribution in [0.1, 0.15) is 20.8 Å². The maximum Gasteiger partial charge on any atom is 0.408 e. The topological polar surface area (TPSA) is 67.9 Å². The predicted octanol–water partition coefficient (Wildman–Crippen LogP) is 2.07. The molecule has 1 atom stereocenters. The minimum absolute atomic E-state index is 0.00756. The Bertz CT molecular complexity index is 598. The molecule has 1 aromatic carbocycles. The van der Waals surface area contributed by atoms with Crippen molar-refractivity contribution in [3.63, 3.8) is 0 Å². The number of para-hydroxylation sites is 1. The molecule has 6 nitrogen and oxygen atoms in total. The van der Waals surface area contributed by atoms with Gasteiger partial charge < -0.3 is 19.7 Å². The number of benzene rings is 1. The lowest BCUT2D eigenvalue weighted by atomic mass is 10.2. The first kappa shape index (κ1) is 16.1. The molecule has 0 saturated carbocycles. The first-order valence-electron chi connectivity index (χ1n) is 6.87. The molecule has 1 aliphatic heterocycles. The minimum atomic E-state index is -0.952. The van der Waals surface area contributed by atoms with Crippen LogP contribution in [-0.4, -0.2) is 37.3 Å². The van der Waals surface area contributed by atoms with Crippen molar-refractivity contribution in [1.82, 2.24) is 5.32 Å². The highest BCUT2D eigenvalue weighted by Crippen LogP contribution is 2.32. The third-order valence-corrected chi connectivity index (χ3v) is 3.02. The second kappa shape index (κ2) is 5.82. The van der Waals surface area contributed by atoms with E-state index in [0.29, 0.717) is 5.69 Å². The molecule has 1 N–H and O–H groups in total. The van der Waals surface area contributed by atoms with Crippen LogP contribution in [0, 0.1) is 5.82 Å². The van der Waals surface area contributed by atoms with Crippen LogP contribution in [0.4, 0.5) is 14.9 Å². The van der Waals surface area contributed by atoms with Crippen molar-refractivity contribution in [3.8, 4) is 5.75 Å². The zero-order chi connectivity index (χ0) is 16.5. The van der Waals surface area contributed by atoms with Crippen LogP contribution < -0.4 is 15.0 Å². The fraction of sp³-hybridized carbons (Fsp3) is 0.467. The lowest BCUT2D eigenvalue weighted by Crippen LogP contribution is -2.50. The summed E-state index contributed by atoms with van der Waals surface area (Å²) in [5.41, 5.74) is -0.363. The third kappa shape index (κ3) is 3.47. The van der Waals surface area contributed by atoms with Crippen LogP contribution in [0.2, 0.25) is 0 Å². The molecule has 1 aliphatic rings. The molecular formula is C15H19FN2O4. The van der Waals surface area contributed by atoms with Gasteiger partial charge in [0, 0.05) is 7.05 Å². The van der Waals surface area contributed by atoms with E-state index in [2.05, 4.69) is 5.32 Å². The van der Waals surface area contributed by atoms with Crippen molar-refractivity contribution in [2.75, 3.05) is 18.6 Å². The first-order chi connectivity index (χ1) is 10.2. The van der Waals surface area contributed by atoms with E-state index in [9.17, 15) is 14.0 Å². The summed E-state index contributed by atoms with van der Waals surface area (Å²) in [7, 11) is 1.50. The molecule has 1 heterocycles. The Labute approximate surface area is 128 Å². The van der Waals surface area contributed by atoms with E-state index < -0.39 is 29.5 Å². The largest absolute Gasteiger partial charge is 0.486 e. The maximum absolute atomic E-state index is 13.8. The summed E-state index contributed by atoms with van der Waals surface area (Å²) >= 11 is 0. The van der Waals surface area contributed by atoms with Crippen molar-refractivity contribution >= 4 is 17.7 Å². The van der Waals surface area contributed by atoms with Gasteiger partial charge in [0.25, 0.3) is 5.91 Å². The van der Waals surface area contributed by atoms with Crippen molar-refractivity contribution in [3.05, 3.63) is 24.0 Å². The minimum Gasteiger partial charge on any atom is -0.486 e. The number of rotatable bonds is 1. The van der Waals surface area contributed by atoms with Crippen molar-refractivity contribution in [2.24, 2.45) is 0 Å². The van der Waals surface area contributed by atoms with Gasteiger partial charge in [0.15, 0.2) is 11.6 Å². The van der Waals surface area contributed by atoms with Gasteiger partial charge in [-0.05, 0) is 32.9 Å². The Kier molecular flexibility index (Phi) is 4.25. The molecule has 2 amide bonds. The van der Waals surface area contributed by atoms with Crippen LogP contribution in [0.3, 0.4) is 0 Å². The summed E-state index contributed by atoms with van der Waals surface area (Å²) in [6.45, 7) is 4.98. The van der Waals surface area contributed by atoms with Crippen molar-refractivity contribution in [2.45, 2.75) is 32.4 Å². The lowest BCUT2D eigenvalue weighted by Gasteiger charge is -2.23. The molecule has 7 heteroatoms. The van der Waals surface area contributed by atoms with Crippen molar-refractivity contribution < 1.29 is 23.5 Å². The van der Waals surface area contributed by atoms with Crippen LogP contribution in [0.15, 0.2) is 18.2 Å². The normalized spacial score (nSPS) is 18.1. The Balaban J connectivity index is 2.16. The van der Waals surface area contributed by atoms with Gasteiger partial charge in [0.1, 0.15) is 18.2 Å². The summed E-state index contributed by atoms with van der Waals surface area (Å²) in [5, 5.41) is 2.45. The number of alkyl carbamates (subject to hydrolysis) is 1. The fourth-order valence-electron chi connectivity index (χ4n) is 2.05. The van der Waals surface area contributed by atoms with Gasteiger partial charge in [-0.15, -0.1) is 0 Å². The van der Waals surface area contributed by atoms with Gasteiger partial charge in [-0.25, -0.2) is 9.18 Å². The number of halogens is 1. The van der Waals surface area contributed by atoms with E-state index in [4.69, 9.17) is 9.47 Å². The number of ether oxygens (including phenoxy) is 2. The SMILES string of the molecule is CN1C(=O)[C@@H](NC(=O)OC(C)(C)C)COc2c(F)cccc21. The highest BCUT2D eigenvalue weighted by atomic mass is 19.1. The number of hydrogen-bond donors (Lipinski definition) is 1. The quantitative estimate of drug-likeness (QED) is 0.862. The highest BCUT2D eigenvalue weighted by molar-refractivity contribution is 6.00. The van der Waals surface area contributed by atoms with E-state index >= 15 is 0 Å². The standard InChI is InChI=1S/C15H19FN2O4/c1-15(2,3)22-14(20)17-10-8-21-12-9(16)6-5-7-11(12)18(4)13(10)19/h5-7,10H,8H2,1-4H3,(H,17,20)/t10-/m0/s1. The van der Waals surface area contributed by atoms with Crippen LogP contribution >= 0.6 is 0 Å². The molecule has 0 radical (unpaired) electrons. The molecule has 0 spiro atoms. The predicted molar refractivity (Wildman–Crippen MR) is 78.5 cm³/mol. The number of carbonyl (C=O) groups is 2. The zero-order valence-electron chi connectivity index (χ0n) is 13.0. The summed E-state index contributed by atoms with van der Waals surface area (Å²) in [5.74, 6) is -0.975. The number of nitrogens with one attached hydrogen (secondary N) is 1. The monoisotopic (exact) mass is 310 g/mol. The average molecular weight is 310 g/mol. The fourth-order valence-corrected chi connectivity index (χ4v) is 2.05. The van der Waals surface area contributed by atoms with Gasteiger partial charge in [-0.1, -0.05) is 6.07 Å². The van der Waals surface area contributed by atoms with Crippen LogP contribution in [0.25, 0.3) is 0 Å². The lowest BCUT2D eigenvalue weighted by molar-refractivity contribution is -0.120. The van der Waals surface area contributed by atoms with Gasteiger partial charge in [-0.3, -0.25) is 4.79 Å². The molecule has 0 fully saturated rings. The van der Waals surface area contributed by atoms with E-state index in [1.165, 1.54) is 24.1 Å². The number of likely N-dealkylation sites (N-methyl/N-ethyl adjacent to an activating group) is 1. The Morgan fingerprint density at radius 2 is 2.14 bits per heavy atom. The smallest absolute Gasteiger partial charge is 0.408 e. The van der Waals surface area contributed by atoms with Crippen LogP contribution in [0.5, 0.6) is 5.75 Å². The summed E-state index contributed by atoms with van der Waals surface area (Å²) in [4.78, 5) is 25.4. The number of nitrogens with zero attached hydrogens (tertiary/aromatic N) is 1. The number of anilines is 1. The number of fused-ring (bicyclic) bond motifs is 1. The molecule has 0 unspecified atom stereocenters. The first-order valence-corrected chi connectivity index (χ1v) is 6.87. The summed E-state index contributed by atoms with van der Waals surface area (Å²) < 4.78 is 24.3. The van der Waals surface area contributed by atoms with E-state index in [1.54, 1.807) is 26.8 Å². The van der Waals surface area contributed by atoms with Gasteiger partial charge >= 0.3 is 6.09 Å². The maximum atomic E-state index is 13.8. The van der Waals surface area contributed by atoms with Crippen molar-refractivity contribution in [1.29, 1.82) is 0 Å². The zero-order valence-corrected chi connectivity index (χ0v) is 13.0. The van der Waals surface area contributed by atoms with Crippen LogP contribution in [-0.2, 0) is 9.53 Å². The van der Waals surface area contributed by atoms with E-state index in [1.807, 2.05) is 0 Å². The molecule has 22 heavy (non-hydrogen) atoms. The van der Waals surface area contributed by atoms with Gasteiger partial charge in [-0.2, -0.15) is 0 Å². The summed E-state index contributed by atoms with van der Waals surface area (Å²) in [6.07, 6.45) is -0.728. The average Bonchev–Trinajstić information content (AvgIpc) is 2.50. The molecule has 120 valence electrons. The Hall–Kier alpha value is -2.31. The molecule has 0 bridgehead atoms. The number of carbonyl (C=O) groups excluding carboxylic acids is 2. The highest BCUT2D eigenvalue weighted by Gasteiger charge is 2.32. The molecule has 0 aromatic heterocycles. The van der Waals surface area contributed by atoms with E-state index in [-0.39, 0.29) is 12.4 Å². The second-order valence-corrected chi connectivity index (χ2v) is 6.00. The number of amides is 2. The number of hydrogen-bond acceptors (Lipinski definition) is 4. The molecular weight excluding hydrogens is 291 g/mol. The van der Waals surface area contributed by atoms with E-state index in [0.717, 1.165) is 0 Å². The molecule has 2 rings (SSSR count). The molecule has 0 aliphatic carbocycles. The molecule has 1 aromatic rings. The second-order valence-electron chi connectivity index (χ2n) is 6.00. The Morgan fingerprint density at radius 1 is 1.45 bits per heavy atom. The molecule has 0 saturated heterocycles. The van der Waals surface area contributed by atoms with Gasteiger partial charge in [0.05, 0.1) is 5.69 Å².